The highest BCUT2D eigenvalue weighted by atomic mass is 32.2. The van der Waals surface area contributed by atoms with E-state index in [0.29, 0.717) is 17.4 Å². The second-order valence-electron chi connectivity index (χ2n) is 3.68. The molecule has 0 saturated heterocycles. The van der Waals surface area contributed by atoms with Gasteiger partial charge < -0.3 is 16.2 Å². The Labute approximate surface area is 109 Å². The number of phenols is 1. The number of nitrogens with two attached hydrogens (primary N) is 1. The maximum Gasteiger partial charge on any atom is 0.222 e. The molecule has 0 aliphatic rings. The van der Waals surface area contributed by atoms with Crippen molar-refractivity contribution >= 4 is 23.4 Å². The number of phenolic OH excluding ortho intramolecular Hbond substituents is 1. The number of hydrogen-bond acceptors (Lipinski definition) is 6. The van der Waals surface area contributed by atoms with Gasteiger partial charge in [-0.2, -0.15) is 0 Å². The molecule has 0 spiro atoms. The summed E-state index contributed by atoms with van der Waals surface area (Å²) in [7, 11) is 1.78. The molecule has 0 bridgehead atoms. The minimum absolute atomic E-state index is 0.216. The average Bonchev–Trinajstić information content (AvgIpc) is 2.40. The van der Waals surface area contributed by atoms with Crippen LogP contribution in [0.15, 0.2) is 35.5 Å². The van der Waals surface area contributed by atoms with Gasteiger partial charge in [0, 0.05) is 35.8 Å². The minimum atomic E-state index is 0.216. The van der Waals surface area contributed by atoms with Crippen molar-refractivity contribution in [1.82, 2.24) is 9.97 Å². The number of hydrogen-bond donors (Lipinski definition) is 3. The molecule has 2 rings (SSSR count). The zero-order valence-corrected chi connectivity index (χ0v) is 10.7. The SMILES string of the molecule is CNc1ncc(CSc2cc(O)ccc2N)cn1. The Hall–Kier alpha value is -1.95. The molecule has 94 valence electrons. The lowest BCUT2D eigenvalue weighted by Crippen LogP contribution is -1.96. The number of nitrogens with zero attached hydrogens (tertiary/aromatic N) is 2. The van der Waals surface area contributed by atoms with Crippen LogP contribution in [0.25, 0.3) is 0 Å². The lowest BCUT2D eigenvalue weighted by molar-refractivity contribution is 0.474. The lowest BCUT2D eigenvalue weighted by Gasteiger charge is -2.06. The van der Waals surface area contributed by atoms with E-state index < -0.39 is 0 Å². The normalized spacial score (nSPS) is 10.3. The Balaban J connectivity index is 2.04. The third-order valence-corrected chi connectivity index (χ3v) is 3.46. The van der Waals surface area contributed by atoms with Gasteiger partial charge in [0.2, 0.25) is 5.95 Å². The van der Waals surface area contributed by atoms with Gasteiger partial charge in [-0.05, 0) is 23.8 Å². The molecule has 0 saturated carbocycles. The number of thioether (sulfide) groups is 1. The molecule has 6 heteroatoms. The van der Waals surface area contributed by atoms with Crippen molar-refractivity contribution in [2.45, 2.75) is 10.6 Å². The summed E-state index contributed by atoms with van der Waals surface area (Å²) in [6.45, 7) is 0. The zero-order valence-electron chi connectivity index (χ0n) is 9.92. The summed E-state index contributed by atoms with van der Waals surface area (Å²) in [5.74, 6) is 1.52. The maximum absolute atomic E-state index is 9.40. The minimum Gasteiger partial charge on any atom is -0.508 e. The first-order chi connectivity index (χ1) is 8.69. The first-order valence-electron chi connectivity index (χ1n) is 5.39. The maximum atomic E-state index is 9.40. The summed E-state index contributed by atoms with van der Waals surface area (Å²) in [6.07, 6.45) is 3.54. The molecular weight excluding hydrogens is 248 g/mol. The van der Waals surface area contributed by atoms with Crippen molar-refractivity contribution in [3.05, 3.63) is 36.2 Å². The van der Waals surface area contributed by atoms with Crippen molar-refractivity contribution in [2.75, 3.05) is 18.1 Å². The van der Waals surface area contributed by atoms with E-state index in [2.05, 4.69) is 15.3 Å². The van der Waals surface area contributed by atoms with Gasteiger partial charge >= 0.3 is 0 Å². The van der Waals surface area contributed by atoms with Crippen LogP contribution in [0.5, 0.6) is 5.75 Å². The van der Waals surface area contributed by atoms with Crippen LogP contribution in [-0.4, -0.2) is 22.1 Å². The molecule has 1 aromatic heterocycles. The molecule has 0 amide bonds. The summed E-state index contributed by atoms with van der Waals surface area (Å²) in [5.41, 5.74) is 7.49. The highest BCUT2D eigenvalue weighted by Gasteiger charge is 2.03. The van der Waals surface area contributed by atoms with Gasteiger partial charge in [-0.25, -0.2) is 9.97 Å². The third-order valence-electron chi connectivity index (χ3n) is 2.32. The number of nitrogen functional groups attached to an aromatic ring is 1. The number of nitrogens with one attached hydrogen (secondary N) is 1. The van der Waals surface area contributed by atoms with Crippen molar-refractivity contribution in [3.8, 4) is 5.75 Å². The highest BCUT2D eigenvalue weighted by Crippen LogP contribution is 2.30. The quantitative estimate of drug-likeness (QED) is 0.444. The number of anilines is 2. The van der Waals surface area contributed by atoms with Crippen LogP contribution in [0, 0.1) is 0 Å². The fourth-order valence-electron chi connectivity index (χ4n) is 1.37. The van der Waals surface area contributed by atoms with E-state index in [-0.39, 0.29) is 5.75 Å². The monoisotopic (exact) mass is 262 g/mol. The van der Waals surface area contributed by atoms with Crippen LogP contribution in [-0.2, 0) is 5.75 Å². The van der Waals surface area contributed by atoms with Gasteiger partial charge in [0.25, 0.3) is 0 Å². The lowest BCUT2D eigenvalue weighted by atomic mass is 10.3. The fourth-order valence-corrected chi connectivity index (χ4v) is 2.28. The van der Waals surface area contributed by atoms with Crippen LogP contribution < -0.4 is 11.1 Å². The van der Waals surface area contributed by atoms with Gasteiger partial charge in [-0.3, -0.25) is 0 Å². The van der Waals surface area contributed by atoms with E-state index in [1.807, 2.05) is 0 Å². The number of rotatable bonds is 4. The van der Waals surface area contributed by atoms with Gasteiger partial charge in [-0.1, -0.05) is 0 Å². The molecule has 5 nitrogen and oxygen atoms in total. The van der Waals surface area contributed by atoms with E-state index in [1.54, 1.807) is 49.4 Å². The highest BCUT2D eigenvalue weighted by molar-refractivity contribution is 7.98. The number of benzene rings is 1. The van der Waals surface area contributed by atoms with Gasteiger partial charge in [0.15, 0.2) is 0 Å². The fraction of sp³-hybridized carbons (Fsp3) is 0.167. The Morgan fingerprint density at radius 2 is 2.06 bits per heavy atom. The Kier molecular flexibility index (Phi) is 3.88. The molecular formula is C12H14N4OS. The third kappa shape index (κ3) is 3.04. The molecule has 0 aliphatic carbocycles. The molecule has 0 unspecified atom stereocenters. The summed E-state index contributed by atoms with van der Waals surface area (Å²) < 4.78 is 0. The second kappa shape index (κ2) is 5.59. The largest absolute Gasteiger partial charge is 0.508 e. The first-order valence-corrected chi connectivity index (χ1v) is 6.37. The van der Waals surface area contributed by atoms with E-state index in [0.717, 1.165) is 10.5 Å². The van der Waals surface area contributed by atoms with Crippen molar-refractivity contribution in [2.24, 2.45) is 0 Å². The second-order valence-corrected chi connectivity index (χ2v) is 4.69. The van der Waals surface area contributed by atoms with Crippen molar-refractivity contribution < 1.29 is 5.11 Å². The molecule has 4 N–H and O–H groups in total. The van der Waals surface area contributed by atoms with Crippen LogP contribution in [0.4, 0.5) is 11.6 Å². The van der Waals surface area contributed by atoms with E-state index in [9.17, 15) is 5.11 Å². The summed E-state index contributed by atoms with van der Waals surface area (Å²) >= 11 is 1.54. The Morgan fingerprint density at radius 3 is 2.72 bits per heavy atom. The molecule has 0 aliphatic heterocycles. The zero-order chi connectivity index (χ0) is 13.0. The van der Waals surface area contributed by atoms with Crippen LogP contribution in [0.2, 0.25) is 0 Å². The first kappa shape index (κ1) is 12.5. The molecule has 1 heterocycles. The smallest absolute Gasteiger partial charge is 0.222 e. The topological polar surface area (TPSA) is 84.1 Å². The van der Waals surface area contributed by atoms with Crippen LogP contribution >= 0.6 is 11.8 Å². The van der Waals surface area contributed by atoms with Crippen LogP contribution in [0.3, 0.4) is 0 Å². The van der Waals surface area contributed by atoms with Gasteiger partial charge in [-0.15, -0.1) is 11.8 Å². The number of aromatic hydroxyl groups is 1. The molecule has 1 aromatic carbocycles. The summed E-state index contributed by atoms with van der Waals surface area (Å²) in [6, 6.07) is 4.92. The molecule has 0 fully saturated rings. The molecule has 18 heavy (non-hydrogen) atoms. The summed E-state index contributed by atoms with van der Waals surface area (Å²) in [5, 5.41) is 12.3. The molecule has 0 atom stereocenters. The predicted octanol–water partition coefficient (Wildman–Crippen LogP) is 2.10. The standard InChI is InChI=1S/C12H14N4OS/c1-14-12-15-5-8(6-16-12)7-18-11-4-9(17)2-3-10(11)13/h2-6,17H,7,13H2,1H3,(H,14,15,16). The number of aromatic nitrogens is 2. The van der Waals surface area contributed by atoms with Crippen LogP contribution in [0.1, 0.15) is 5.56 Å². The van der Waals surface area contributed by atoms with E-state index >= 15 is 0 Å². The van der Waals surface area contributed by atoms with Gasteiger partial charge in [0.1, 0.15) is 5.75 Å². The Bertz CT molecular complexity index is 530. The van der Waals surface area contributed by atoms with Crippen molar-refractivity contribution in [3.63, 3.8) is 0 Å². The van der Waals surface area contributed by atoms with Gasteiger partial charge in [0.05, 0.1) is 0 Å². The van der Waals surface area contributed by atoms with Crippen molar-refractivity contribution in [1.29, 1.82) is 0 Å². The molecule has 2 aromatic rings. The molecule has 0 radical (unpaired) electrons. The predicted molar refractivity (Wildman–Crippen MR) is 73.7 cm³/mol. The summed E-state index contributed by atoms with van der Waals surface area (Å²) in [4.78, 5) is 9.12. The Morgan fingerprint density at radius 1 is 1.33 bits per heavy atom. The van der Waals surface area contributed by atoms with E-state index in [1.165, 1.54) is 0 Å². The average molecular weight is 262 g/mol. The van der Waals surface area contributed by atoms with E-state index in [4.69, 9.17) is 5.73 Å².